The van der Waals surface area contributed by atoms with E-state index in [0.717, 1.165) is 5.56 Å². The predicted molar refractivity (Wildman–Crippen MR) is 54.8 cm³/mol. The van der Waals surface area contributed by atoms with Gasteiger partial charge in [0.2, 0.25) is 0 Å². The highest BCUT2D eigenvalue weighted by molar-refractivity contribution is 8.00. The van der Waals surface area contributed by atoms with E-state index in [1.807, 2.05) is 0 Å². The quantitative estimate of drug-likeness (QED) is 0.768. The van der Waals surface area contributed by atoms with E-state index in [1.54, 1.807) is 30.3 Å². The molecule has 1 aromatic rings. The number of ether oxygens (including phenoxy) is 1. The summed E-state index contributed by atoms with van der Waals surface area (Å²) >= 11 is -0.398. The van der Waals surface area contributed by atoms with Crippen LogP contribution in [0.15, 0.2) is 30.3 Å². The lowest BCUT2D eigenvalue weighted by atomic mass is 10.2. The molecule has 88 valence electrons. The summed E-state index contributed by atoms with van der Waals surface area (Å²) in [5, 5.41) is 0. The first-order valence-corrected chi connectivity index (χ1v) is 5.36. The Bertz CT molecular complexity index is 338. The SMILES string of the molecule is O=C(CSC(F)(F)F)OCc1ccccc1. The summed E-state index contributed by atoms with van der Waals surface area (Å²) < 4.78 is 39.9. The van der Waals surface area contributed by atoms with Crippen molar-refractivity contribution in [3.8, 4) is 0 Å². The van der Waals surface area contributed by atoms with Crippen molar-refractivity contribution in [2.24, 2.45) is 0 Å². The zero-order chi connectivity index (χ0) is 12.0. The molecule has 0 radical (unpaired) electrons. The van der Waals surface area contributed by atoms with Crippen molar-refractivity contribution in [1.29, 1.82) is 0 Å². The number of carbonyl (C=O) groups excluding carboxylic acids is 1. The van der Waals surface area contributed by atoms with E-state index in [-0.39, 0.29) is 6.61 Å². The molecule has 16 heavy (non-hydrogen) atoms. The minimum Gasteiger partial charge on any atom is -0.460 e. The van der Waals surface area contributed by atoms with Crippen LogP contribution in [-0.2, 0) is 16.1 Å². The maximum absolute atomic E-state index is 11.7. The fraction of sp³-hybridized carbons (Fsp3) is 0.300. The summed E-state index contributed by atoms with van der Waals surface area (Å²) in [6, 6.07) is 8.76. The van der Waals surface area contributed by atoms with Crippen LogP contribution in [-0.4, -0.2) is 17.2 Å². The molecule has 0 heterocycles. The van der Waals surface area contributed by atoms with Gasteiger partial charge in [-0.25, -0.2) is 0 Å². The van der Waals surface area contributed by atoms with Gasteiger partial charge < -0.3 is 4.74 Å². The number of halogens is 3. The first-order chi connectivity index (χ1) is 7.47. The summed E-state index contributed by atoms with van der Waals surface area (Å²) in [5.74, 6) is -1.58. The third-order valence-corrected chi connectivity index (χ3v) is 2.30. The van der Waals surface area contributed by atoms with Crippen LogP contribution in [0.1, 0.15) is 5.56 Å². The topological polar surface area (TPSA) is 26.3 Å². The lowest BCUT2D eigenvalue weighted by Crippen LogP contribution is -2.11. The number of carbonyl (C=O) groups is 1. The normalized spacial score (nSPS) is 11.2. The average molecular weight is 250 g/mol. The van der Waals surface area contributed by atoms with Crippen molar-refractivity contribution in [2.45, 2.75) is 12.1 Å². The molecule has 0 saturated heterocycles. The van der Waals surface area contributed by atoms with Crippen LogP contribution in [0.5, 0.6) is 0 Å². The summed E-state index contributed by atoms with van der Waals surface area (Å²) in [6.07, 6.45) is 0. The standard InChI is InChI=1S/C10H9F3O2S/c11-10(12,13)16-7-9(14)15-6-8-4-2-1-3-5-8/h1-5H,6-7H2. The number of benzene rings is 1. The second-order valence-electron chi connectivity index (χ2n) is 2.88. The highest BCUT2D eigenvalue weighted by atomic mass is 32.2. The Labute approximate surface area is 94.8 Å². The Kier molecular flexibility index (Phi) is 4.67. The first kappa shape index (κ1) is 12.9. The molecular weight excluding hydrogens is 241 g/mol. The summed E-state index contributed by atoms with van der Waals surface area (Å²) in [4.78, 5) is 10.9. The zero-order valence-corrected chi connectivity index (χ0v) is 8.98. The molecular formula is C10H9F3O2S. The van der Waals surface area contributed by atoms with Crippen LogP contribution in [0.25, 0.3) is 0 Å². The minimum atomic E-state index is -4.40. The summed E-state index contributed by atoms with van der Waals surface area (Å²) in [6.45, 7) is -0.00189. The van der Waals surface area contributed by atoms with E-state index in [1.165, 1.54) is 0 Å². The molecule has 2 nitrogen and oxygen atoms in total. The summed E-state index contributed by atoms with van der Waals surface area (Å²) in [5.41, 5.74) is -3.65. The molecule has 0 aliphatic rings. The van der Waals surface area contributed by atoms with Crippen molar-refractivity contribution < 1.29 is 22.7 Å². The van der Waals surface area contributed by atoms with Crippen LogP contribution >= 0.6 is 11.8 Å². The van der Waals surface area contributed by atoms with Crippen LogP contribution in [0.4, 0.5) is 13.2 Å². The Morgan fingerprint density at radius 2 is 1.88 bits per heavy atom. The van der Waals surface area contributed by atoms with Crippen molar-refractivity contribution in [1.82, 2.24) is 0 Å². The van der Waals surface area contributed by atoms with Gasteiger partial charge in [-0.05, 0) is 17.3 Å². The van der Waals surface area contributed by atoms with Crippen molar-refractivity contribution >= 4 is 17.7 Å². The van der Waals surface area contributed by atoms with Crippen LogP contribution in [0.3, 0.4) is 0 Å². The van der Waals surface area contributed by atoms with Gasteiger partial charge in [0, 0.05) is 0 Å². The molecule has 0 amide bonds. The molecule has 0 aliphatic carbocycles. The maximum atomic E-state index is 11.7. The lowest BCUT2D eigenvalue weighted by molar-refractivity contribution is -0.141. The van der Waals surface area contributed by atoms with Gasteiger partial charge in [-0.2, -0.15) is 13.2 Å². The van der Waals surface area contributed by atoms with Gasteiger partial charge in [0.15, 0.2) is 0 Å². The highest BCUT2D eigenvalue weighted by Gasteiger charge is 2.29. The van der Waals surface area contributed by atoms with E-state index in [9.17, 15) is 18.0 Å². The number of esters is 1. The van der Waals surface area contributed by atoms with Crippen molar-refractivity contribution in [3.63, 3.8) is 0 Å². The van der Waals surface area contributed by atoms with E-state index >= 15 is 0 Å². The number of rotatable bonds is 4. The van der Waals surface area contributed by atoms with Gasteiger partial charge >= 0.3 is 11.5 Å². The number of alkyl halides is 3. The zero-order valence-electron chi connectivity index (χ0n) is 8.16. The smallest absolute Gasteiger partial charge is 0.442 e. The summed E-state index contributed by atoms with van der Waals surface area (Å²) in [7, 11) is 0. The molecule has 0 spiro atoms. The van der Waals surface area contributed by atoms with Gasteiger partial charge in [0.1, 0.15) is 12.4 Å². The third-order valence-electron chi connectivity index (χ3n) is 1.60. The lowest BCUT2D eigenvalue weighted by Gasteiger charge is -2.06. The molecule has 0 aromatic heterocycles. The molecule has 0 bridgehead atoms. The number of hydrogen-bond acceptors (Lipinski definition) is 3. The highest BCUT2D eigenvalue weighted by Crippen LogP contribution is 2.29. The Hall–Kier alpha value is -1.17. The second kappa shape index (κ2) is 5.79. The van der Waals surface area contributed by atoms with Crippen LogP contribution in [0.2, 0.25) is 0 Å². The number of hydrogen-bond donors (Lipinski definition) is 0. The Morgan fingerprint density at radius 3 is 2.44 bits per heavy atom. The largest absolute Gasteiger partial charge is 0.460 e. The molecule has 1 aromatic carbocycles. The van der Waals surface area contributed by atoms with Gasteiger partial charge in [0.05, 0.1) is 0 Å². The fourth-order valence-corrected chi connectivity index (χ4v) is 1.29. The molecule has 1 rings (SSSR count). The van der Waals surface area contributed by atoms with Crippen LogP contribution in [0, 0.1) is 0 Å². The van der Waals surface area contributed by atoms with Gasteiger partial charge in [0.25, 0.3) is 0 Å². The molecule has 0 atom stereocenters. The molecule has 0 unspecified atom stereocenters. The Balaban J connectivity index is 2.26. The second-order valence-corrected chi connectivity index (χ2v) is 3.92. The fourth-order valence-electron chi connectivity index (χ4n) is 0.920. The van der Waals surface area contributed by atoms with E-state index in [2.05, 4.69) is 4.74 Å². The molecule has 6 heteroatoms. The monoisotopic (exact) mass is 250 g/mol. The molecule has 0 N–H and O–H groups in total. The van der Waals surface area contributed by atoms with Crippen molar-refractivity contribution in [2.75, 3.05) is 5.75 Å². The van der Waals surface area contributed by atoms with E-state index in [0.29, 0.717) is 0 Å². The van der Waals surface area contributed by atoms with E-state index < -0.39 is 29.0 Å². The molecule has 0 saturated carbocycles. The average Bonchev–Trinajstić information content (AvgIpc) is 2.24. The van der Waals surface area contributed by atoms with Gasteiger partial charge in [-0.1, -0.05) is 30.3 Å². The number of thioether (sulfide) groups is 1. The minimum absolute atomic E-state index is 0.00189. The predicted octanol–water partition coefficient (Wildman–Crippen LogP) is 2.98. The van der Waals surface area contributed by atoms with Crippen molar-refractivity contribution in [3.05, 3.63) is 35.9 Å². The van der Waals surface area contributed by atoms with E-state index in [4.69, 9.17) is 0 Å². The first-order valence-electron chi connectivity index (χ1n) is 4.37. The third kappa shape index (κ3) is 5.65. The van der Waals surface area contributed by atoms with Gasteiger partial charge in [-0.3, -0.25) is 4.79 Å². The Morgan fingerprint density at radius 1 is 1.25 bits per heavy atom. The van der Waals surface area contributed by atoms with Gasteiger partial charge in [-0.15, -0.1) is 0 Å². The van der Waals surface area contributed by atoms with Crippen LogP contribution < -0.4 is 0 Å². The molecule has 0 aliphatic heterocycles. The maximum Gasteiger partial charge on any atom is 0.442 e. The molecule has 0 fully saturated rings.